The van der Waals surface area contributed by atoms with Gasteiger partial charge in [-0.25, -0.2) is 4.79 Å². The van der Waals surface area contributed by atoms with Gasteiger partial charge in [-0.2, -0.15) is 0 Å². The van der Waals surface area contributed by atoms with Crippen molar-refractivity contribution in [2.75, 3.05) is 11.5 Å². The zero-order chi connectivity index (χ0) is 28.1. The molecule has 4 aliphatic rings. The molecule has 1 unspecified atom stereocenters. The second-order valence-electron chi connectivity index (χ2n) is 14.5. The van der Waals surface area contributed by atoms with Gasteiger partial charge in [-0.1, -0.05) is 65.5 Å². The molecule has 5 nitrogen and oxygen atoms in total. The first-order chi connectivity index (χ1) is 18.4. The van der Waals surface area contributed by atoms with Crippen LogP contribution in [0, 0.1) is 46.3 Å². The van der Waals surface area contributed by atoms with Crippen LogP contribution in [-0.2, 0) is 4.74 Å². The molecule has 0 saturated heterocycles. The Morgan fingerprint density at radius 1 is 1.05 bits per heavy atom. The lowest BCUT2D eigenvalue weighted by atomic mass is 9.46. The highest BCUT2D eigenvalue weighted by molar-refractivity contribution is 5.92. The molecular formula is C34H52N2O3. The summed E-state index contributed by atoms with van der Waals surface area (Å²) < 4.78 is 6.29. The molecule has 0 aromatic heterocycles. The number of aliphatic hydroxyl groups excluding tert-OH is 1. The van der Waals surface area contributed by atoms with E-state index in [0.717, 1.165) is 30.1 Å². The molecule has 3 fully saturated rings. The summed E-state index contributed by atoms with van der Waals surface area (Å²) in [7, 11) is 0. The number of anilines is 2. The van der Waals surface area contributed by atoms with E-state index < -0.39 is 12.1 Å². The highest BCUT2D eigenvalue weighted by Crippen LogP contribution is 2.67. The number of esters is 1. The Labute approximate surface area is 236 Å². The lowest BCUT2D eigenvalue weighted by Crippen LogP contribution is -2.56. The van der Waals surface area contributed by atoms with E-state index >= 15 is 0 Å². The van der Waals surface area contributed by atoms with E-state index in [1.165, 1.54) is 50.5 Å². The Kier molecular flexibility index (Phi) is 7.87. The van der Waals surface area contributed by atoms with Crippen molar-refractivity contribution in [1.29, 1.82) is 0 Å². The minimum absolute atomic E-state index is 0.244. The molecule has 0 aliphatic heterocycles. The third-order valence-electron chi connectivity index (χ3n) is 11.8. The van der Waals surface area contributed by atoms with Gasteiger partial charge < -0.3 is 21.3 Å². The molecule has 0 bridgehead atoms. The van der Waals surface area contributed by atoms with Crippen LogP contribution in [0.3, 0.4) is 0 Å². The molecule has 4 aliphatic carbocycles. The van der Waals surface area contributed by atoms with Gasteiger partial charge in [0.15, 0.2) is 0 Å². The van der Waals surface area contributed by atoms with Crippen LogP contribution in [-0.4, -0.2) is 23.3 Å². The van der Waals surface area contributed by atoms with Crippen molar-refractivity contribution in [2.24, 2.45) is 46.3 Å². The summed E-state index contributed by atoms with van der Waals surface area (Å²) in [6.45, 7) is 12.1. The summed E-state index contributed by atoms with van der Waals surface area (Å²) in [6, 6.07) is 4.91. The highest BCUT2D eigenvalue weighted by Gasteiger charge is 2.61. The van der Waals surface area contributed by atoms with Crippen LogP contribution in [0.15, 0.2) is 29.8 Å². The van der Waals surface area contributed by atoms with E-state index in [9.17, 15) is 9.90 Å². The molecule has 5 rings (SSSR count). The van der Waals surface area contributed by atoms with E-state index in [1.807, 2.05) is 0 Å². The number of allylic oxidation sites excluding steroid dienone is 1. The lowest BCUT2D eigenvalue weighted by Gasteiger charge is -2.60. The Balaban J connectivity index is 1.37. The van der Waals surface area contributed by atoms with Crippen molar-refractivity contribution in [3.8, 4) is 0 Å². The summed E-state index contributed by atoms with van der Waals surface area (Å²) >= 11 is 0. The third kappa shape index (κ3) is 5.13. The van der Waals surface area contributed by atoms with Crippen molar-refractivity contribution in [2.45, 2.75) is 111 Å². The van der Waals surface area contributed by atoms with Crippen LogP contribution in [0.4, 0.5) is 11.4 Å². The molecule has 0 amide bonds. The van der Waals surface area contributed by atoms with E-state index in [1.54, 1.807) is 18.2 Å². The summed E-state index contributed by atoms with van der Waals surface area (Å²) in [5.74, 6) is 3.80. The molecule has 9 atom stereocenters. The fourth-order valence-electron chi connectivity index (χ4n) is 9.86. The van der Waals surface area contributed by atoms with Gasteiger partial charge in [0.1, 0.15) is 6.10 Å². The van der Waals surface area contributed by atoms with Crippen LogP contribution in [0.2, 0.25) is 0 Å². The average molecular weight is 537 g/mol. The number of nitrogen functional groups attached to an aromatic ring is 2. The van der Waals surface area contributed by atoms with Gasteiger partial charge in [-0.05, 0) is 97.6 Å². The van der Waals surface area contributed by atoms with Crippen LogP contribution in [0.25, 0.3) is 0 Å². The minimum atomic E-state index is -0.485. The number of rotatable bonds is 7. The van der Waals surface area contributed by atoms with Crippen LogP contribution in [0.1, 0.15) is 109 Å². The smallest absolute Gasteiger partial charge is 0.338 e. The second kappa shape index (κ2) is 10.8. The van der Waals surface area contributed by atoms with Gasteiger partial charge >= 0.3 is 5.97 Å². The van der Waals surface area contributed by atoms with Crippen LogP contribution >= 0.6 is 0 Å². The number of ether oxygens (including phenoxy) is 1. The van der Waals surface area contributed by atoms with E-state index in [0.29, 0.717) is 47.0 Å². The topological polar surface area (TPSA) is 98.6 Å². The number of aliphatic hydroxyl groups is 1. The maximum absolute atomic E-state index is 13.3. The quantitative estimate of drug-likeness (QED) is 0.192. The van der Waals surface area contributed by atoms with Gasteiger partial charge in [0, 0.05) is 23.2 Å². The number of benzene rings is 1. The van der Waals surface area contributed by atoms with E-state index in [-0.39, 0.29) is 11.5 Å². The SMILES string of the molecule is CC(C)CCC[C@@H](C)[C@H]1CC[C@H]2[C@@H]3CC=C4C[C@@H](O)CC(OC(=O)c5cc(N)cc(N)c5)[C@]4(C)[C@H]3CC[C@]12C. The Morgan fingerprint density at radius 3 is 2.46 bits per heavy atom. The largest absolute Gasteiger partial charge is 0.458 e. The molecule has 5 heteroatoms. The maximum atomic E-state index is 13.3. The van der Waals surface area contributed by atoms with Gasteiger partial charge in [0.05, 0.1) is 11.7 Å². The van der Waals surface area contributed by atoms with Crippen molar-refractivity contribution in [1.82, 2.24) is 0 Å². The minimum Gasteiger partial charge on any atom is -0.458 e. The van der Waals surface area contributed by atoms with Crippen LogP contribution < -0.4 is 11.5 Å². The number of fused-ring (bicyclic) bond motifs is 5. The zero-order valence-electron chi connectivity index (χ0n) is 24.9. The molecule has 0 heterocycles. The normalized spacial score (nSPS) is 38.4. The molecule has 39 heavy (non-hydrogen) atoms. The third-order valence-corrected chi connectivity index (χ3v) is 11.8. The second-order valence-corrected chi connectivity index (χ2v) is 14.5. The lowest BCUT2D eigenvalue weighted by molar-refractivity contribution is -0.113. The van der Waals surface area contributed by atoms with Gasteiger partial charge in [0.2, 0.25) is 0 Å². The molecule has 0 radical (unpaired) electrons. The Morgan fingerprint density at radius 2 is 1.77 bits per heavy atom. The summed E-state index contributed by atoms with van der Waals surface area (Å²) in [6.07, 6.45) is 13.0. The van der Waals surface area contributed by atoms with Crippen molar-refractivity contribution in [3.05, 3.63) is 35.4 Å². The number of hydrogen-bond acceptors (Lipinski definition) is 5. The van der Waals surface area contributed by atoms with Crippen molar-refractivity contribution >= 4 is 17.3 Å². The predicted molar refractivity (Wildman–Crippen MR) is 159 cm³/mol. The molecule has 5 N–H and O–H groups in total. The fourth-order valence-corrected chi connectivity index (χ4v) is 9.86. The maximum Gasteiger partial charge on any atom is 0.338 e. The number of nitrogens with two attached hydrogens (primary N) is 2. The first kappa shape index (κ1) is 28.5. The highest BCUT2D eigenvalue weighted by atomic mass is 16.5. The number of hydrogen-bond donors (Lipinski definition) is 3. The van der Waals surface area contributed by atoms with Crippen molar-refractivity contribution < 1.29 is 14.6 Å². The molecule has 1 aromatic rings. The first-order valence-electron chi connectivity index (χ1n) is 15.7. The molecule has 3 saturated carbocycles. The molecule has 216 valence electrons. The summed E-state index contributed by atoms with van der Waals surface area (Å²) in [4.78, 5) is 13.3. The van der Waals surface area contributed by atoms with Gasteiger partial charge in [-0.3, -0.25) is 0 Å². The fraction of sp³-hybridized carbons (Fsp3) is 0.735. The van der Waals surface area contributed by atoms with Crippen molar-refractivity contribution in [3.63, 3.8) is 0 Å². The molecule has 0 spiro atoms. The molecular weight excluding hydrogens is 484 g/mol. The number of carbonyl (C=O) groups excluding carboxylic acids is 1. The standard InChI is InChI=1S/C34H52N2O3/c1-20(2)7-6-8-21(3)28-11-12-29-27-10-9-23-17-26(37)19-31(34(23,5)30(27)13-14-33(28,29)4)39-32(38)22-15-24(35)18-25(36)16-22/h9,15-16,18,20-21,26-31,37H,6-8,10-14,17,19,35-36H2,1-5H3/t21-,26-,27+,28-,29+,30+,31?,33-,34+/m1/s1. The van der Waals surface area contributed by atoms with Gasteiger partial charge in [-0.15, -0.1) is 0 Å². The van der Waals surface area contributed by atoms with Crippen LogP contribution in [0.5, 0.6) is 0 Å². The van der Waals surface area contributed by atoms with E-state index in [2.05, 4.69) is 40.7 Å². The molecule has 1 aromatic carbocycles. The monoisotopic (exact) mass is 536 g/mol. The average Bonchev–Trinajstić information content (AvgIpc) is 3.21. The summed E-state index contributed by atoms with van der Waals surface area (Å²) in [5.41, 5.74) is 14.7. The Bertz CT molecular complexity index is 1080. The van der Waals surface area contributed by atoms with Gasteiger partial charge in [0.25, 0.3) is 0 Å². The Hall–Kier alpha value is -2.01. The first-order valence-corrected chi connectivity index (χ1v) is 15.7. The predicted octanol–water partition coefficient (Wildman–Crippen LogP) is 7.39. The zero-order valence-corrected chi connectivity index (χ0v) is 24.9. The summed E-state index contributed by atoms with van der Waals surface area (Å²) in [5, 5.41) is 10.8. The number of carbonyl (C=O) groups is 1. The van der Waals surface area contributed by atoms with E-state index in [4.69, 9.17) is 16.2 Å².